The summed E-state index contributed by atoms with van der Waals surface area (Å²) in [5, 5.41) is 9.06. The van der Waals surface area contributed by atoms with Crippen LogP contribution in [-0.2, 0) is 12.3 Å². The summed E-state index contributed by atoms with van der Waals surface area (Å²) in [6, 6.07) is 11.9. The first-order valence-corrected chi connectivity index (χ1v) is 10.1. The monoisotopic (exact) mass is 396 g/mol. The Morgan fingerprint density at radius 1 is 1.30 bits per heavy atom. The van der Waals surface area contributed by atoms with E-state index in [1.807, 2.05) is 36.4 Å². The van der Waals surface area contributed by atoms with E-state index in [0.29, 0.717) is 34.6 Å². The van der Waals surface area contributed by atoms with E-state index in [9.17, 15) is 4.79 Å². The van der Waals surface area contributed by atoms with Crippen molar-refractivity contribution >= 4 is 33.3 Å². The van der Waals surface area contributed by atoms with Gasteiger partial charge in [0.25, 0.3) is 5.56 Å². The lowest BCUT2D eigenvalue weighted by Crippen LogP contribution is -2.22. The highest BCUT2D eigenvalue weighted by Crippen LogP contribution is 2.32. The van der Waals surface area contributed by atoms with Crippen LogP contribution in [-0.4, -0.2) is 19.7 Å². The van der Waals surface area contributed by atoms with E-state index in [-0.39, 0.29) is 5.56 Å². The third-order valence-electron chi connectivity index (χ3n) is 3.88. The molecule has 0 atom stereocenters. The molecule has 0 amide bonds. The summed E-state index contributed by atoms with van der Waals surface area (Å²) in [7, 11) is 0. The molecule has 8 heteroatoms. The summed E-state index contributed by atoms with van der Waals surface area (Å²) in [5.74, 6) is 1.48. The molecule has 3 aromatic heterocycles. The van der Waals surface area contributed by atoms with Gasteiger partial charge in [0.15, 0.2) is 5.16 Å². The summed E-state index contributed by atoms with van der Waals surface area (Å²) >= 11 is 2.92. The summed E-state index contributed by atoms with van der Waals surface area (Å²) in [5.41, 5.74) is 1.01. The molecule has 0 fully saturated rings. The van der Waals surface area contributed by atoms with Crippen molar-refractivity contribution in [1.29, 1.82) is 0 Å². The minimum absolute atomic E-state index is 0.0671. The lowest BCUT2D eigenvalue weighted by atomic mass is 10.2. The van der Waals surface area contributed by atoms with Gasteiger partial charge in [0, 0.05) is 18.3 Å². The Hall–Kier alpha value is -2.71. The zero-order chi connectivity index (χ0) is 18.8. The summed E-state index contributed by atoms with van der Waals surface area (Å²) in [6.45, 7) is 5.90. The molecule has 3 heterocycles. The normalized spacial score (nSPS) is 11.1. The van der Waals surface area contributed by atoms with E-state index in [0.717, 1.165) is 15.3 Å². The van der Waals surface area contributed by atoms with Gasteiger partial charge in [0.05, 0.1) is 11.1 Å². The van der Waals surface area contributed by atoms with E-state index in [2.05, 4.69) is 16.8 Å². The number of allylic oxidation sites excluding steroid dienone is 1. The molecular formula is C19H16N4O2S2. The van der Waals surface area contributed by atoms with Gasteiger partial charge >= 0.3 is 0 Å². The first kappa shape index (κ1) is 17.7. The highest BCUT2D eigenvalue weighted by Gasteiger charge is 2.16. The molecule has 0 aliphatic carbocycles. The molecule has 0 radical (unpaired) electrons. The van der Waals surface area contributed by atoms with Crippen LogP contribution in [0.2, 0.25) is 0 Å². The molecule has 0 saturated carbocycles. The number of aryl methyl sites for hydroxylation is 1. The first-order valence-electron chi connectivity index (χ1n) is 8.28. The number of nitrogens with zero attached hydrogens (tertiary/aromatic N) is 4. The molecule has 1 aromatic carbocycles. The average Bonchev–Trinajstić information content (AvgIpc) is 3.30. The van der Waals surface area contributed by atoms with Gasteiger partial charge in [-0.15, -0.1) is 28.1 Å². The van der Waals surface area contributed by atoms with E-state index in [1.54, 1.807) is 17.6 Å². The third-order valence-corrected chi connectivity index (χ3v) is 5.92. The fourth-order valence-corrected chi connectivity index (χ4v) is 4.59. The van der Waals surface area contributed by atoms with Gasteiger partial charge in [0.1, 0.15) is 4.83 Å². The summed E-state index contributed by atoms with van der Waals surface area (Å²) < 4.78 is 7.04. The number of hydrogen-bond donors (Lipinski definition) is 0. The second-order valence-corrected chi connectivity index (χ2v) is 7.77. The number of aromatic nitrogens is 4. The Kier molecular flexibility index (Phi) is 4.91. The Bertz CT molecular complexity index is 1160. The quantitative estimate of drug-likeness (QED) is 0.275. The SMILES string of the molecule is C=CCn1c(SCc2nnc(C)o2)nc2sc(-c3ccccc3)cc2c1=O. The van der Waals surface area contributed by atoms with Crippen molar-refractivity contribution in [3.05, 3.63) is 71.2 Å². The maximum atomic E-state index is 13.0. The Morgan fingerprint density at radius 2 is 2.11 bits per heavy atom. The van der Waals surface area contributed by atoms with Gasteiger partial charge in [-0.3, -0.25) is 9.36 Å². The smallest absolute Gasteiger partial charge is 0.263 e. The largest absolute Gasteiger partial charge is 0.425 e. The third kappa shape index (κ3) is 3.58. The number of fused-ring (bicyclic) bond motifs is 1. The number of hydrogen-bond acceptors (Lipinski definition) is 7. The molecule has 0 unspecified atom stereocenters. The van der Waals surface area contributed by atoms with Crippen LogP contribution < -0.4 is 5.56 Å². The molecule has 0 spiro atoms. The van der Waals surface area contributed by atoms with Crippen molar-refractivity contribution in [3.63, 3.8) is 0 Å². The fourth-order valence-electron chi connectivity index (χ4n) is 2.66. The molecular weight excluding hydrogens is 380 g/mol. The fraction of sp³-hybridized carbons (Fsp3) is 0.158. The molecule has 4 rings (SSSR count). The topological polar surface area (TPSA) is 73.8 Å². The van der Waals surface area contributed by atoms with Gasteiger partial charge in [-0.05, 0) is 11.6 Å². The number of rotatable bonds is 6. The van der Waals surface area contributed by atoms with Crippen molar-refractivity contribution in [3.8, 4) is 10.4 Å². The first-order chi connectivity index (χ1) is 13.2. The number of benzene rings is 1. The van der Waals surface area contributed by atoms with Crippen molar-refractivity contribution in [1.82, 2.24) is 19.7 Å². The molecule has 0 bridgehead atoms. The zero-order valence-electron chi connectivity index (χ0n) is 14.6. The Morgan fingerprint density at radius 3 is 2.81 bits per heavy atom. The van der Waals surface area contributed by atoms with Gasteiger partial charge < -0.3 is 4.42 Å². The lowest BCUT2D eigenvalue weighted by molar-refractivity contribution is 0.485. The van der Waals surface area contributed by atoms with Gasteiger partial charge in [-0.25, -0.2) is 4.98 Å². The van der Waals surface area contributed by atoms with Crippen molar-refractivity contribution in [2.75, 3.05) is 0 Å². The van der Waals surface area contributed by atoms with Crippen LogP contribution in [0.1, 0.15) is 11.8 Å². The molecule has 6 nitrogen and oxygen atoms in total. The van der Waals surface area contributed by atoms with E-state index in [1.165, 1.54) is 23.1 Å². The minimum Gasteiger partial charge on any atom is -0.425 e. The average molecular weight is 396 g/mol. The van der Waals surface area contributed by atoms with Gasteiger partial charge in [-0.1, -0.05) is 48.2 Å². The number of thioether (sulfide) groups is 1. The van der Waals surface area contributed by atoms with Crippen LogP contribution in [0.3, 0.4) is 0 Å². The predicted octanol–water partition coefficient (Wildman–Crippen LogP) is 4.29. The van der Waals surface area contributed by atoms with Crippen LogP contribution in [0.25, 0.3) is 20.7 Å². The lowest BCUT2D eigenvalue weighted by Gasteiger charge is -2.08. The predicted molar refractivity (Wildman–Crippen MR) is 108 cm³/mol. The highest BCUT2D eigenvalue weighted by molar-refractivity contribution is 7.98. The molecule has 0 aliphatic rings. The van der Waals surface area contributed by atoms with Crippen LogP contribution >= 0.6 is 23.1 Å². The zero-order valence-corrected chi connectivity index (χ0v) is 16.2. The van der Waals surface area contributed by atoms with Crippen LogP contribution in [0.4, 0.5) is 0 Å². The van der Waals surface area contributed by atoms with Crippen molar-refractivity contribution in [2.45, 2.75) is 24.4 Å². The van der Waals surface area contributed by atoms with Crippen LogP contribution in [0, 0.1) is 6.92 Å². The highest BCUT2D eigenvalue weighted by atomic mass is 32.2. The molecule has 0 aliphatic heterocycles. The maximum absolute atomic E-state index is 13.0. The standard InChI is InChI=1S/C19H16N4O2S2/c1-3-9-23-18(24)14-10-15(13-7-5-4-6-8-13)27-17(14)20-19(23)26-11-16-22-21-12(2)25-16/h3-8,10H,1,9,11H2,2H3. The van der Waals surface area contributed by atoms with Crippen molar-refractivity contribution in [2.24, 2.45) is 0 Å². The number of thiophene rings is 1. The molecule has 27 heavy (non-hydrogen) atoms. The second-order valence-electron chi connectivity index (χ2n) is 5.80. The maximum Gasteiger partial charge on any atom is 0.263 e. The molecule has 0 N–H and O–H groups in total. The van der Waals surface area contributed by atoms with E-state index in [4.69, 9.17) is 9.40 Å². The van der Waals surface area contributed by atoms with Gasteiger partial charge in [0.2, 0.25) is 11.8 Å². The van der Waals surface area contributed by atoms with E-state index < -0.39 is 0 Å². The Balaban J connectivity index is 1.76. The molecule has 0 saturated heterocycles. The van der Waals surface area contributed by atoms with Crippen LogP contribution in [0.5, 0.6) is 0 Å². The summed E-state index contributed by atoms with van der Waals surface area (Å²) in [6.07, 6.45) is 1.69. The van der Waals surface area contributed by atoms with Gasteiger partial charge in [-0.2, -0.15) is 0 Å². The van der Waals surface area contributed by atoms with Crippen molar-refractivity contribution < 1.29 is 4.42 Å². The van der Waals surface area contributed by atoms with E-state index >= 15 is 0 Å². The van der Waals surface area contributed by atoms with Crippen LogP contribution in [0.15, 0.2) is 63.4 Å². The molecule has 4 aromatic rings. The minimum atomic E-state index is -0.0671. The summed E-state index contributed by atoms with van der Waals surface area (Å²) in [4.78, 5) is 19.5. The molecule has 136 valence electrons. The second kappa shape index (κ2) is 7.50. The Labute approximate surface area is 163 Å².